The van der Waals surface area contributed by atoms with Gasteiger partial charge in [-0.25, -0.2) is 13.1 Å². The van der Waals surface area contributed by atoms with Crippen molar-refractivity contribution < 1.29 is 8.42 Å². The second kappa shape index (κ2) is 6.66. The molecule has 1 aromatic heterocycles. The van der Waals surface area contributed by atoms with Crippen molar-refractivity contribution in [3.05, 3.63) is 47.3 Å². The molecule has 0 bridgehead atoms. The van der Waals surface area contributed by atoms with E-state index in [1.54, 1.807) is 4.31 Å². The van der Waals surface area contributed by atoms with Crippen LogP contribution in [0.25, 0.3) is 5.69 Å². The van der Waals surface area contributed by atoms with Crippen LogP contribution in [0.1, 0.15) is 17.0 Å². The number of benzene rings is 1. The van der Waals surface area contributed by atoms with Crippen LogP contribution in [0, 0.1) is 13.8 Å². The monoisotopic (exact) mass is 348 g/mol. The van der Waals surface area contributed by atoms with Gasteiger partial charge in [-0.15, -0.1) is 0 Å². The van der Waals surface area contributed by atoms with Crippen molar-refractivity contribution in [3.63, 3.8) is 0 Å². The Hall–Kier alpha value is -1.70. The Balaban J connectivity index is 1.62. The molecule has 0 aliphatic carbocycles. The molecule has 0 radical (unpaired) electrons. The van der Waals surface area contributed by atoms with Crippen molar-refractivity contribution in [3.8, 4) is 5.69 Å². The smallest absolute Gasteiger partial charge is 0.211 e. The molecule has 2 heterocycles. The van der Waals surface area contributed by atoms with Crippen LogP contribution in [0.5, 0.6) is 0 Å². The van der Waals surface area contributed by atoms with Gasteiger partial charge in [-0.3, -0.25) is 4.90 Å². The molecule has 7 heteroatoms. The van der Waals surface area contributed by atoms with E-state index in [9.17, 15) is 8.42 Å². The summed E-state index contributed by atoms with van der Waals surface area (Å²) in [6.45, 7) is 7.57. The summed E-state index contributed by atoms with van der Waals surface area (Å²) in [4.78, 5) is 2.29. The highest BCUT2D eigenvalue weighted by Gasteiger charge is 2.23. The average Bonchev–Trinajstić information content (AvgIpc) is 2.86. The number of sulfonamides is 1. The van der Waals surface area contributed by atoms with Crippen molar-refractivity contribution in [2.45, 2.75) is 20.4 Å². The molecule has 1 fully saturated rings. The van der Waals surface area contributed by atoms with Gasteiger partial charge in [-0.1, -0.05) is 12.1 Å². The van der Waals surface area contributed by atoms with Crippen LogP contribution in [0.15, 0.2) is 30.3 Å². The highest BCUT2D eigenvalue weighted by atomic mass is 32.2. The highest BCUT2D eigenvalue weighted by Crippen LogP contribution is 2.15. The van der Waals surface area contributed by atoms with E-state index in [2.05, 4.69) is 47.3 Å². The summed E-state index contributed by atoms with van der Waals surface area (Å²) >= 11 is 0. The second-order valence-corrected chi connectivity index (χ2v) is 8.43. The first-order valence-electron chi connectivity index (χ1n) is 8.13. The largest absolute Gasteiger partial charge is 0.296 e. The molecule has 0 unspecified atom stereocenters. The summed E-state index contributed by atoms with van der Waals surface area (Å²) in [5.74, 6) is 0. The summed E-state index contributed by atoms with van der Waals surface area (Å²) < 4.78 is 26.6. The van der Waals surface area contributed by atoms with E-state index in [1.165, 1.54) is 11.8 Å². The second-order valence-electron chi connectivity index (χ2n) is 6.44. The average molecular weight is 348 g/mol. The number of nitrogens with zero attached hydrogens (tertiary/aromatic N) is 4. The summed E-state index contributed by atoms with van der Waals surface area (Å²) in [5, 5.41) is 4.50. The van der Waals surface area contributed by atoms with Gasteiger partial charge >= 0.3 is 0 Å². The maximum atomic E-state index is 11.6. The van der Waals surface area contributed by atoms with Crippen LogP contribution in [0.3, 0.4) is 0 Å². The van der Waals surface area contributed by atoms with Gasteiger partial charge in [-0.05, 0) is 37.6 Å². The molecule has 0 saturated carbocycles. The van der Waals surface area contributed by atoms with Crippen molar-refractivity contribution in [1.82, 2.24) is 19.0 Å². The molecule has 130 valence electrons. The van der Waals surface area contributed by atoms with Crippen molar-refractivity contribution in [2.75, 3.05) is 32.4 Å². The maximum Gasteiger partial charge on any atom is 0.211 e. The third-order valence-corrected chi connectivity index (χ3v) is 5.70. The van der Waals surface area contributed by atoms with Gasteiger partial charge in [-0.2, -0.15) is 9.40 Å². The Morgan fingerprint density at radius 1 is 1.04 bits per heavy atom. The minimum absolute atomic E-state index is 0.572. The molecule has 24 heavy (non-hydrogen) atoms. The maximum absolute atomic E-state index is 11.6. The lowest BCUT2D eigenvalue weighted by atomic mass is 10.2. The Kier molecular flexibility index (Phi) is 4.76. The van der Waals surface area contributed by atoms with Gasteiger partial charge in [0.25, 0.3) is 0 Å². The first-order chi connectivity index (χ1) is 11.3. The van der Waals surface area contributed by atoms with Crippen LogP contribution in [0.4, 0.5) is 0 Å². The van der Waals surface area contributed by atoms with E-state index >= 15 is 0 Å². The lowest BCUT2D eigenvalue weighted by molar-refractivity contribution is 0.182. The van der Waals surface area contributed by atoms with Gasteiger partial charge in [0.1, 0.15) is 0 Å². The summed E-state index contributed by atoms with van der Waals surface area (Å²) in [6.07, 6.45) is 1.28. The highest BCUT2D eigenvalue weighted by molar-refractivity contribution is 7.88. The van der Waals surface area contributed by atoms with Crippen LogP contribution in [0.2, 0.25) is 0 Å². The molecule has 0 N–H and O–H groups in total. The molecule has 1 aliphatic rings. The topological polar surface area (TPSA) is 58.4 Å². The third kappa shape index (κ3) is 3.85. The fourth-order valence-electron chi connectivity index (χ4n) is 3.11. The Bertz CT molecular complexity index is 804. The number of aromatic nitrogens is 2. The van der Waals surface area contributed by atoms with Gasteiger partial charge in [0, 0.05) is 38.4 Å². The molecular weight excluding hydrogens is 324 g/mol. The van der Waals surface area contributed by atoms with Crippen LogP contribution in [-0.2, 0) is 16.6 Å². The number of piperazine rings is 1. The van der Waals surface area contributed by atoms with Gasteiger partial charge < -0.3 is 0 Å². The van der Waals surface area contributed by atoms with Crippen molar-refractivity contribution in [2.24, 2.45) is 0 Å². The Labute approximate surface area is 143 Å². The van der Waals surface area contributed by atoms with E-state index < -0.39 is 10.0 Å². The lowest BCUT2D eigenvalue weighted by Crippen LogP contribution is -2.47. The van der Waals surface area contributed by atoms with E-state index in [-0.39, 0.29) is 0 Å². The quantitative estimate of drug-likeness (QED) is 0.841. The number of aryl methyl sites for hydroxylation is 2. The fraction of sp³-hybridized carbons (Fsp3) is 0.471. The van der Waals surface area contributed by atoms with Crippen molar-refractivity contribution in [1.29, 1.82) is 0 Å². The molecule has 1 aromatic carbocycles. The Morgan fingerprint density at radius 3 is 2.17 bits per heavy atom. The zero-order valence-corrected chi connectivity index (χ0v) is 15.3. The number of hydrogen-bond acceptors (Lipinski definition) is 4. The Morgan fingerprint density at radius 2 is 1.67 bits per heavy atom. The minimum atomic E-state index is -3.06. The molecule has 3 rings (SSSR count). The zero-order chi connectivity index (χ0) is 17.3. The molecule has 0 amide bonds. The van der Waals surface area contributed by atoms with E-state index in [0.29, 0.717) is 13.1 Å². The van der Waals surface area contributed by atoms with Crippen LogP contribution < -0.4 is 0 Å². The minimum Gasteiger partial charge on any atom is -0.296 e. The molecule has 0 spiro atoms. The molecule has 2 aromatic rings. The van der Waals surface area contributed by atoms with Gasteiger partial charge in [0.05, 0.1) is 17.6 Å². The molecule has 1 aliphatic heterocycles. The fourth-order valence-corrected chi connectivity index (χ4v) is 3.94. The van der Waals surface area contributed by atoms with E-state index in [1.807, 2.05) is 11.6 Å². The normalized spacial score (nSPS) is 17.3. The summed E-state index contributed by atoms with van der Waals surface area (Å²) in [5.41, 5.74) is 4.43. The standard InChI is InChI=1S/C17H24N4O2S/c1-14-12-15(2)21(18-14)17-6-4-16(5-7-17)13-19-8-10-20(11-9-19)24(3,22)23/h4-7,12H,8-11,13H2,1-3H3. The SMILES string of the molecule is Cc1cc(C)n(-c2ccc(CN3CCN(S(C)(=O)=O)CC3)cc2)n1. The number of hydrogen-bond donors (Lipinski definition) is 0. The van der Waals surface area contributed by atoms with Crippen LogP contribution >= 0.6 is 0 Å². The zero-order valence-electron chi connectivity index (χ0n) is 14.4. The third-order valence-electron chi connectivity index (χ3n) is 4.40. The molecule has 0 atom stereocenters. The van der Waals surface area contributed by atoms with E-state index in [0.717, 1.165) is 36.7 Å². The molecule has 1 saturated heterocycles. The first-order valence-corrected chi connectivity index (χ1v) is 9.98. The van der Waals surface area contributed by atoms with Crippen LogP contribution in [-0.4, -0.2) is 59.8 Å². The predicted octanol–water partition coefficient (Wildman–Crippen LogP) is 1.57. The number of rotatable bonds is 4. The summed E-state index contributed by atoms with van der Waals surface area (Å²) in [6, 6.07) is 10.5. The predicted molar refractivity (Wildman–Crippen MR) is 94.7 cm³/mol. The summed E-state index contributed by atoms with van der Waals surface area (Å²) in [7, 11) is -3.06. The van der Waals surface area contributed by atoms with Crippen molar-refractivity contribution >= 4 is 10.0 Å². The van der Waals surface area contributed by atoms with Gasteiger partial charge in [0.15, 0.2) is 0 Å². The first kappa shape index (κ1) is 17.1. The lowest BCUT2D eigenvalue weighted by Gasteiger charge is -2.33. The van der Waals surface area contributed by atoms with Gasteiger partial charge in [0.2, 0.25) is 10.0 Å². The molecule has 6 nitrogen and oxygen atoms in total. The molecular formula is C17H24N4O2S. The van der Waals surface area contributed by atoms with E-state index in [4.69, 9.17) is 0 Å².